The normalized spacial score (nSPS) is 12.5. The van der Waals surface area contributed by atoms with E-state index in [2.05, 4.69) is 0 Å². The minimum Gasteiger partial charge on any atom is -0.351 e. The molecule has 7 nitrogen and oxygen atoms in total. The second-order valence-electron chi connectivity index (χ2n) is 4.22. The first-order chi connectivity index (χ1) is 9.93. The number of aromatic nitrogens is 1. The Morgan fingerprint density at radius 1 is 1.23 bits per heavy atom. The Hall–Kier alpha value is -2.40. The van der Waals surface area contributed by atoms with Crippen LogP contribution >= 0.6 is 0 Å². The highest BCUT2D eigenvalue weighted by atomic mass is 32.2. The van der Waals surface area contributed by atoms with Crippen molar-refractivity contribution in [3.05, 3.63) is 40.2 Å². The number of rotatable bonds is 1. The maximum Gasteiger partial charge on any atom is 0.417 e. The standard InChI is InChI=1S/C11H7F3N2O5S/c12-11(13,14)7-4-9(17)16(10(15)18)8-2-1-5(3-6(7)8)22(19,20)21/h1-4H,(H2,15,18)(H,19,20,21). The first-order valence-corrected chi connectivity index (χ1v) is 6.91. The highest BCUT2D eigenvalue weighted by Crippen LogP contribution is 2.34. The summed E-state index contributed by atoms with van der Waals surface area (Å²) in [5.41, 5.74) is 1.65. The topological polar surface area (TPSA) is 119 Å². The zero-order chi connectivity index (χ0) is 16.9. The number of hydrogen-bond donors (Lipinski definition) is 2. The van der Waals surface area contributed by atoms with Crippen molar-refractivity contribution in [2.24, 2.45) is 5.73 Å². The number of fused-ring (bicyclic) bond motifs is 1. The molecular formula is C11H7F3N2O5S. The van der Waals surface area contributed by atoms with Gasteiger partial charge in [0.1, 0.15) is 0 Å². The van der Waals surface area contributed by atoms with Crippen molar-refractivity contribution in [1.82, 2.24) is 4.57 Å². The van der Waals surface area contributed by atoms with Gasteiger partial charge in [0.2, 0.25) is 0 Å². The van der Waals surface area contributed by atoms with Crippen LogP contribution in [0.25, 0.3) is 10.9 Å². The predicted octanol–water partition coefficient (Wildman–Crippen LogP) is 1.19. The van der Waals surface area contributed by atoms with Gasteiger partial charge in [-0.1, -0.05) is 0 Å². The van der Waals surface area contributed by atoms with Gasteiger partial charge < -0.3 is 5.73 Å². The Morgan fingerprint density at radius 3 is 2.27 bits per heavy atom. The lowest BCUT2D eigenvalue weighted by Crippen LogP contribution is -2.32. The van der Waals surface area contributed by atoms with Gasteiger partial charge in [-0.2, -0.15) is 21.6 Å². The van der Waals surface area contributed by atoms with Crippen molar-refractivity contribution < 1.29 is 30.9 Å². The number of halogens is 3. The first-order valence-electron chi connectivity index (χ1n) is 5.47. The summed E-state index contributed by atoms with van der Waals surface area (Å²) in [7, 11) is -4.77. The van der Waals surface area contributed by atoms with Crippen LogP contribution in [0, 0.1) is 0 Å². The maximum absolute atomic E-state index is 13.0. The number of amides is 1. The largest absolute Gasteiger partial charge is 0.417 e. The van der Waals surface area contributed by atoms with Crippen molar-refractivity contribution in [3.8, 4) is 0 Å². The van der Waals surface area contributed by atoms with E-state index in [1.165, 1.54) is 0 Å². The SMILES string of the molecule is NC(=O)n1c(=O)cc(C(F)(F)F)c2cc(S(=O)(=O)O)ccc21. The van der Waals surface area contributed by atoms with Gasteiger partial charge in [-0.3, -0.25) is 9.35 Å². The molecule has 0 unspecified atom stereocenters. The summed E-state index contributed by atoms with van der Waals surface area (Å²) in [5.74, 6) is 0. The molecule has 1 amide bonds. The predicted molar refractivity (Wildman–Crippen MR) is 68.0 cm³/mol. The molecule has 0 bridgehead atoms. The average molecular weight is 336 g/mol. The van der Waals surface area contributed by atoms with Gasteiger partial charge in [0.15, 0.2) is 0 Å². The van der Waals surface area contributed by atoms with E-state index in [0.717, 1.165) is 12.1 Å². The third-order valence-electron chi connectivity index (χ3n) is 2.81. The van der Waals surface area contributed by atoms with E-state index in [1.807, 2.05) is 0 Å². The van der Waals surface area contributed by atoms with Crippen LogP contribution in [0.3, 0.4) is 0 Å². The number of alkyl halides is 3. The maximum atomic E-state index is 13.0. The van der Waals surface area contributed by atoms with E-state index in [4.69, 9.17) is 10.3 Å². The van der Waals surface area contributed by atoms with Gasteiger partial charge in [-0.25, -0.2) is 9.36 Å². The van der Waals surface area contributed by atoms with Gasteiger partial charge in [0, 0.05) is 11.5 Å². The molecule has 0 aliphatic heterocycles. The molecule has 0 aliphatic rings. The molecule has 0 aliphatic carbocycles. The molecule has 3 N–H and O–H groups in total. The van der Waals surface area contributed by atoms with Crippen molar-refractivity contribution >= 4 is 27.1 Å². The first kappa shape index (κ1) is 16.0. The molecule has 11 heteroatoms. The molecule has 22 heavy (non-hydrogen) atoms. The highest BCUT2D eigenvalue weighted by Gasteiger charge is 2.34. The van der Waals surface area contributed by atoms with Crippen LogP contribution < -0.4 is 11.3 Å². The zero-order valence-electron chi connectivity index (χ0n) is 10.5. The number of hydrogen-bond acceptors (Lipinski definition) is 4. The van der Waals surface area contributed by atoms with Gasteiger partial charge >= 0.3 is 12.2 Å². The fourth-order valence-electron chi connectivity index (χ4n) is 1.93. The molecule has 0 saturated heterocycles. The quantitative estimate of drug-likeness (QED) is 0.758. The van der Waals surface area contributed by atoms with Crippen molar-refractivity contribution in [2.75, 3.05) is 0 Å². The lowest BCUT2D eigenvalue weighted by molar-refractivity contribution is -0.136. The molecule has 0 fully saturated rings. The third-order valence-corrected chi connectivity index (χ3v) is 3.66. The summed E-state index contributed by atoms with van der Waals surface area (Å²) in [6, 6.07) is 0.826. The van der Waals surface area contributed by atoms with Crippen LogP contribution in [0.5, 0.6) is 0 Å². The number of pyridine rings is 1. The minimum absolute atomic E-state index is 0.126. The Morgan fingerprint density at radius 2 is 1.82 bits per heavy atom. The number of nitrogens with two attached hydrogens (primary N) is 1. The fourth-order valence-corrected chi connectivity index (χ4v) is 2.44. The van der Waals surface area contributed by atoms with E-state index in [-0.39, 0.29) is 10.6 Å². The van der Waals surface area contributed by atoms with E-state index in [1.54, 1.807) is 0 Å². The van der Waals surface area contributed by atoms with Crippen LogP contribution in [0.2, 0.25) is 0 Å². The Kier molecular flexibility index (Phi) is 3.50. The fraction of sp³-hybridized carbons (Fsp3) is 0.0909. The Bertz CT molecular complexity index is 947. The van der Waals surface area contributed by atoms with Crippen molar-refractivity contribution in [1.29, 1.82) is 0 Å². The number of carbonyl (C=O) groups is 1. The van der Waals surface area contributed by atoms with Crippen molar-refractivity contribution in [3.63, 3.8) is 0 Å². The number of primary amides is 1. The highest BCUT2D eigenvalue weighted by molar-refractivity contribution is 7.85. The molecule has 0 atom stereocenters. The summed E-state index contributed by atoms with van der Waals surface area (Å²) < 4.78 is 70.2. The van der Waals surface area contributed by atoms with Gasteiger partial charge in [-0.15, -0.1) is 0 Å². The molecule has 118 valence electrons. The summed E-state index contributed by atoms with van der Waals surface area (Å²) >= 11 is 0. The van der Waals surface area contributed by atoms with Crippen LogP contribution in [0.1, 0.15) is 5.56 Å². The second-order valence-corrected chi connectivity index (χ2v) is 5.64. The zero-order valence-corrected chi connectivity index (χ0v) is 11.3. The molecule has 1 aromatic carbocycles. The van der Waals surface area contributed by atoms with Crippen LogP contribution in [0.4, 0.5) is 18.0 Å². The lowest BCUT2D eigenvalue weighted by Gasteiger charge is -2.13. The van der Waals surface area contributed by atoms with E-state index in [9.17, 15) is 31.2 Å². The molecular weight excluding hydrogens is 329 g/mol. The molecule has 0 saturated carbocycles. The lowest BCUT2D eigenvalue weighted by atomic mass is 10.1. The summed E-state index contributed by atoms with van der Waals surface area (Å²) in [6.45, 7) is 0. The number of carbonyl (C=O) groups excluding carboxylic acids is 1. The van der Waals surface area contributed by atoms with E-state index < -0.39 is 49.2 Å². The monoisotopic (exact) mass is 336 g/mol. The average Bonchev–Trinajstić information content (AvgIpc) is 2.34. The molecule has 0 spiro atoms. The Balaban J connectivity index is 3.06. The molecule has 2 aromatic rings. The van der Waals surface area contributed by atoms with Crippen LogP contribution in [0.15, 0.2) is 34.0 Å². The van der Waals surface area contributed by atoms with E-state index in [0.29, 0.717) is 6.07 Å². The second kappa shape index (κ2) is 4.81. The van der Waals surface area contributed by atoms with Crippen molar-refractivity contribution in [2.45, 2.75) is 11.1 Å². The van der Waals surface area contributed by atoms with Gasteiger partial charge in [0.25, 0.3) is 15.7 Å². The molecule has 0 radical (unpaired) electrons. The minimum atomic E-state index is -4.98. The molecule has 1 aromatic heterocycles. The third kappa shape index (κ3) is 2.67. The smallest absolute Gasteiger partial charge is 0.351 e. The van der Waals surface area contributed by atoms with Gasteiger partial charge in [-0.05, 0) is 18.2 Å². The summed E-state index contributed by atoms with van der Waals surface area (Å²) in [6.07, 6.45) is -4.98. The molecule has 1 heterocycles. The van der Waals surface area contributed by atoms with Crippen LogP contribution in [-0.4, -0.2) is 23.6 Å². The number of nitrogens with zero attached hydrogens (tertiary/aromatic N) is 1. The van der Waals surface area contributed by atoms with E-state index >= 15 is 0 Å². The number of benzene rings is 1. The molecule has 2 rings (SSSR count). The summed E-state index contributed by atoms with van der Waals surface area (Å²) in [4.78, 5) is 22.0. The Labute approximate surface area is 120 Å². The van der Waals surface area contributed by atoms with Gasteiger partial charge in [0.05, 0.1) is 16.0 Å². The van der Waals surface area contributed by atoms with Crippen LogP contribution in [-0.2, 0) is 16.3 Å². The summed E-state index contributed by atoms with van der Waals surface area (Å²) in [5, 5.41) is -0.763.